The number of benzene rings is 2. The van der Waals surface area contributed by atoms with Crippen molar-refractivity contribution in [2.24, 2.45) is 5.92 Å². The largest absolute Gasteiger partial charge is 0.497 e. The van der Waals surface area contributed by atoms with E-state index in [1.54, 1.807) is 13.2 Å². The highest BCUT2D eigenvalue weighted by molar-refractivity contribution is 6.30. The summed E-state index contributed by atoms with van der Waals surface area (Å²) >= 11 is 5.89. The first-order chi connectivity index (χ1) is 10.1. The van der Waals surface area contributed by atoms with Gasteiger partial charge in [0.25, 0.3) is 0 Å². The van der Waals surface area contributed by atoms with Gasteiger partial charge in [-0.1, -0.05) is 23.7 Å². The van der Waals surface area contributed by atoms with Crippen molar-refractivity contribution in [3.63, 3.8) is 0 Å². The molecule has 0 heterocycles. The van der Waals surface area contributed by atoms with Crippen molar-refractivity contribution in [2.45, 2.75) is 12.8 Å². The smallest absolute Gasteiger partial charge is 0.126 e. The zero-order chi connectivity index (χ0) is 15.2. The molecule has 0 spiro atoms. The van der Waals surface area contributed by atoms with Gasteiger partial charge in [0.15, 0.2) is 0 Å². The van der Waals surface area contributed by atoms with E-state index in [1.807, 2.05) is 24.3 Å². The fourth-order valence-electron chi connectivity index (χ4n) is 2.31. The standard InChI is InChI=1S/C17H18ClFO2/c1-21-16-5-2-12(3-6-16)8-13(11-20)9-14-10-15(18)4-7-17(14)19/h2-7,10,13,20H,8-9,11H2,1H3. The highest BCUT2D eigenvalue weighted by Gasteiger charge is 2.13. The molecule has 0 aliphatic rings. The number of hydrogen-bond donors (Lipinski definition) is 1. The van der Waals surface area contributed by atoms with Crippen LogP contribution in [0, 0.1) is 11.7 Å². The van der Waals surface area contributed by atoms with Crippen LogP contribution >= 0.6 is 11.6 Å². The number of aliphatic hydroxyl groups is 1. The van der Waals surface area contributed by atoms with Crippen LogP contribution in [0.4, 0.5) is 4.39 Å². The zero-order valence-electron chi connectivity index (χ0n) is 11.9. The minimum Gasteiger partial charge on any atom is -0.497 e. The van der Waals surface area contributed by atoms with Crippen LogP contribution in [0.25, 0.3) is 0 Å². The van der Waals surface area contributed by atoms with Gasteiger partial charge >= 0.3 is 0 Å². The van der Waals surface area contributed by atoms with E-state index in [9.17, 15) is 9.50 Å². The fourth-order valence-corrected chi connectivity index (χ4v) is 2.50. The van der Waals surface area contributed by atoms with Gasteiger partial charge in [-0.25, -0.2) is 4.39 Å². The van der Waals surface area contributed by atoms with Gasteiger partial charge in [-0.15, -0.1) is 0 Å². The molecule has 0 bridgehead atoms. The molecule has 21 heavy (non-hydrogen) atoms. The Morgan fingerprint density at radius 1 is 1.14 bits per heavy atom. The predicted octanol–water partition coefficient (Wildman–Crippen LogP) is 3.88. The molecule has 0 saturated carbocycles. The number of rotatable bonds is 6. The maximum Gasteiger partial charge on any atom is 0.126 e. The van der Waals surface area contributed by atoms with E-state index in [4.69, 9.17) is 16.3 Å². The summed E-state index contributed by atoms with van der Waals surface area (Å²) in [6.07, 6.45) is 1.13. The summed E-state index contributed by atoms with van der Waals surface area (Å²) in [4.78, 5) is 0. The Kier molecular flexibility index (Phi) is 5.59. The van der Waals surface area contributed by atoms with Crippen LogP contribution in [0.5, 0.6) is 5.75 Å². The first kappa shape index (κ1) is 15.8. The summed E-state index contributed by atoms with van der Waals surface area (Å²) in [6, 6.07) is 12.2. The third kappa shape index (κ3) is 4.45. The van der Waals surface area contributed by atoms with E-state index in [2.05, 4.69) is 0 Å². The van der Waals surface area contributed by atoms with Crippen molar-refractivity contribution in [3.8, 4) is 5.75 Å². The minimum atomic E-state index is -0.285. The van der Waals surface area contributed by atoms with Crippen LogP contribution in [-0.2, 0) is 12.8 Å². The van der Waals surface area contributed by atoms with Gasteiger partial charge in [-0.3, -0.25) is 0 Å². The van der Waals surface area contributed by atoms with E-state index in [-0.39, 0.29) is 18.3 Å². The summed E-state index contributed by atoms with van der Waals surface area (Å²) in [6.45, 7) is -0.00200. The first-order valence-electron chi connectivity index (χ1n) is 6.80. The van der Waals surface area contributed by atoms with Gasteiger partial charge < -0.3 is 9.84 Å². The van der Waals surface area contributed by atoms with Crippen molar-refractivity contribution < 1.29 is 14.2 Å². The molecular weight excluding hydrogens is 291 g/mol. The Labute approximate surface area is 129 Å². The van der Waals surface area contributed by atoms with Crippen LogP contribution in [0.1, 0.15) is 11.1 Å². The third-order valence-electron chi connectivity index (χ3n) is 3.46. The van der Waals surface area contributed by atoms with E-state index in [0.717, 1.165) is 11.3 Å². The first-order valence-corrected chi connectivity index (χ1v) is 7.18. The highest BCUT2D eigenvalue weighted by Crippen LogP contribution is 2.21. The van der Waals surface area contributed by atoms with E-state index >= 15 is 0 Å². The molecule has 0 aliphatic heterocycles. The summed E-state index contributed by atoms with van der Waals surface area (Å²) in [5.74, 6) is 0.458. The maximum absolute atomic E-state index is 13.7. The molecule has 4 heteroatoms. The van der Waals surface area contributed by atoms with Gasteiger partial charge in [0.1, 0.15) is 11.6 Å². The predicted molar refractivity (Wildman–Crippen MR) is 82.4 cm³/mol. The third-order valence-corrected chi connectivity index (χ3v) is 3.69. The van der Waals surface area contributed by atoms with Crippen LogP contribution < -0.4 is 4.74 Å². The number of hydrogen-bond acceptors (Lipinski definition) is 2. The Morgan fingerprint density at radius 3 is 2.48 bits per heavy atom. The summed E-state index contributed by atoms with van der Waals surface area (Å²) in [5, 5.41) is 10.0. The summed E-state index contributed by atoms with van der Waals surface area (Å²) in [7, 11) is 1.62. The van der Waals surface area contributed by atoms with Crippen molar-refractivity contribution in [1.82, 2.24) is 0 Å². The van der Waals surface area contributed by atoms with Crippen molar-refractivity contribution >= 4 is 11.6 Å². The molecule has 1 N–H and O–H groups in total. The molecule has 1 unspecified atom stereocenters. The van der Waals surface area contributed by atoms with Crippen molar-refractivity contribution in [1.29, 1.82) is 0 Å². The van der Waals surface area contributed by atoms with Crippen LogP contribution in [0.15, 0.2) is 42.5 Å². The second-order valence-corrected chi connectivity index (χ2v) is 5.48. The topological polar surface area (TPSA) is 29.5 Å². The lowest BCUT2D eigenvalue weighted by molar-refractivity contribution is 0.224. The second-order valence-electron chi connectivity index (χ2n) is 5.04. The van der Waals surface area contributed by atoms with E-state index < -0.39 is 0 Å². The van der Waals surface area contributed by atoms with Crippen LogP contribution in [0.2, 0.25) is 5.02 Å². The Balaban J connectivity index is 2.07. The number of methoxy groups -OCH3 is 1. The fraction of sp³-hybridized carbons (Fsp3) is 0.294. The summed E-state index contributed by atoms with van der Waals surface area (Å²) < 4.78 is 18.9. The second kappa shape index (κ2) is 7.43. The molecule has 0 aliphatic carbocycles. The van der Waals surface area contributed by atoms with Gasteiger partial charge in [0, 0.05) is 11.6 Å². The molecule has 0 aromatic heterocycles. The molecule has 2 nitrogen and oxygen atoms in total. The maximum atomic E-state index is 13.7. The Hall–Kier alpha value is -1.58. The van der Waals surface area contributed by atoms with Gasteiger partial charge in [0.05, 0.1) is 7.11 Å². The lowest BCUT2D eigenvalue weighted by atomic mass is 9.93. The van der Waals surface area contributed by atoms with Gasteiger partial charge in [-0.05, 0) is 60.2 Å². The average Bonchev–Trinajstić information content (AvgIpc) is 2.51. The van der Waals surface area contributed by atoms with E-state index in [0.29, 0.717) is 23.4 Å². The Morgan fingerprint density at radius 2 is 1.86 bits per heavy atom. The molecule has 0 radical (unpaired) electrons. The normalized spacial score (nSPS) is 12.2. The lowest BCUT2D eigenvalue weighted by Gasteiger charge is -2.15. The van der Waals surface area contributed by atoms with Crippen molar-refractivity contribution in [3.05, 3.63) is 64.4 Å². The lowest BCUT2D eigenvalue weighted by Crippen LogP contribution is -2.14. The molecule has 2 rings (SSSR count). The highest BCUT2D eigenvalue weighted by atomic mass is 35.5. The molecule has 2 aromatic carbocycles. The van der Waals surface area contributed by atoms with Crippen LogP contribution in [0.3, 0.4) is 0 Å². The molecule has 0 amide bonds. The number of halogens is 2. The minimum absolute atomic E-state index is 0.00200. The average molecular weight is 309 g/mol. The number of aliphatic hydroxyl groups excluding tert-OH is 1. The molecule has 0 fully saturated rings. The van der Waals surface area contributed by atoms with Gasteiger partial charge in [-0.2, -0.15) is 0 Å². The molecule has 2 aromatic rings. The van der Waals surface area contributed by atoms with Gasteiger partial charge in [0.2, 0.25) is 0 Å². The molecular formula is C17H18ClFO2. The Bertz CT molecular complexity index is 584. The van der Waals surface area contributed by atoms with Crippen LogP contribution in [-0.4, -0.2) is 18.8 Å². The SMILES string of the molecule is COc1ccc(CC(CO)Cc2cc(Cl)ccc2F)cc1. The van der Waals surface area contributed by atoms with E-state index in [1.165, 1.54) is 12.1 Å². The molecule has 0 saturated heterocycles. The molecule has 112 valence electrons. The zero-order valence-corrected chi connectivity index (χ0v) is 12.6. The summed E-state index contributed by atoms with van der Waals surface area (Å²) in [5.41, 5.74) is 1.62. The van der Waals surface area contributed by atoms with Crippen molar-refractivity contribution in [2.75, 3.05) is 13.7 Å². The monoisotopic (exact) mass is 308 g/mol. The number of ether oxygens (including phenoxy) is 1. The quantitative estimate of drug-likeness (QED) is 0.877. The molecule has 1 atom stereocenters.